The second-order valence-electron chi connectivity index (χ2n) is 5.30. The fourth-order valence-electron chi connectivity index (χ4n) is 3.00. The van der Waals surface area contributed by atoms with E-state index in [9.17, 15) is 4.79 Å². The summed E-state index contributed by atoms with van der Waals surface area (Å²) < 4.78 is 0. The summed E-state index contributed by atoms with van der Waals surface area (Å²) in [7, 11) is 1.87. The van der Waals surface area contributed by atoms with Crippen LogP contribution in [0.5, 0.6) is 0 Å². The van der Waals surface area contributed by atoms with Crippen LogP contribution in [-0.4, -0.2) is 48.6 Å². The van der Waals surface area contributed by atoms with Gasteiger partial charge < -0.3 is 15.5 Å². The Morgan fingerprint density at radius 3 is 2.75 bits per heavy atom. The summed E-state index contributed by atoms with van der Waals surface area (Å²) in [4.78, 5) is 15.8. The van der Waals surface area contributed by atoms with E-state index in [2.05, 4.69) is 0 Å². The summed E-state index contributed by atoms with van der Waals surface area (Å²) in [5.74, 6) is 1.35. The van der Waals surface area contributed by atoms with Crippen molar-refractivity contribution in [3.63, 3.8) is 0 Å². The van der Waals surface area contributed by atoms with Gasteiger partial charge in [-0.2, -0.15) is 0 Å². The third-order valence-corrected chi connectivity index (χ3v) is 4.16. The molecule has 92 valence electrons. The molecule has 2 N–H and O–H groups in total. The van der Waals surface area contributed by atoms with Crippen molar-refractivity contribution in [1.29, 1.82) is 0 Å². The zero-order valence-corrected chi connectivity index (χ0v) is 10.4. The molecule has 0 aromatic carbocycles. The van der Waals surface area contributed by atoms with Crippen LogP contribution in [0, 0.1) is 11.8 Å². The zero-order chi connectivity index (χ0) is 11.7. The quantitative estimate of drug-likeness (QED) is 0.727. The van der Waals surface area contributed by atoms with E-state index in [4.69, 9.17) is 5.73 Å². The molecule has 1 aliphatic heterocycles. The molecule has 0 bridgehead atoms. The molecule has 4 nitrogen and oxygen atoms in total. The van der Waals surface area contributed by atoms with Crippen molar-refractivity contribution in [3.05, 3.63) is 0 Å². The Hall–Kier alpha value is -0.770. The van der Waals surface area contributed by atoms with Gasteiger partial charge in [-0.05, 0) is 38.0 Å². The Morgan fingerprint density at radius 2 is 2.06 bits per heavy atom. The molecular formula is C12H23N3O. The van der Waals surface area contributed by atoms with Gasteiger partial charge in [0.2, 0.25) is 0 Å². The molecule has 1 aliphatic carbocycles. The third kappa shape index (κ3) is 2.17. The Morgan fingerprint density at radius 1 is 1.38 bits per heavy atom. The highest BCUT2D eigenvalue weighted by Gasteiger charge is 2.38. The van der Waals surface area contributed by atoms with Crippen LogP contribution >= 0.6 is 0 Å². The van der Waals surface area contributed by atoms with Crippen molar-refractivity contribution in [2.45, 2.75) is 32.2 Å². The minimum Gasteiger partial charge on any atom is -0.328 e. The van der Waals surface area contributed by atoms with E-state index < -0.39 is 0 Å². The number of amides is 2. The van der Waals surface area contributed by atoms with Crippen LogP contribution in [0.2, 0.25) is 0 Å². The summed E-state index contributed by atoms with van der Waals surface area (Å²) in [6.45, 7) is 4.66. The lowest BCUT2D eigenvalue weighted by Crippen LogP contribution is -2.39. The SMILES string of the molecule is CCN(C)C(=O)N1C[C@H]2CCC(N)C[C@H]2C1. The molecule has 1 heterocycles. The van der Waals surface area contributed by atoms with E-state index in [1.807, 2.05) is 18.9 Å². The van der Waals surface area contributed by atoms with Crippen molar-refractivity contribution in [2.24, 2.45) is 17.6 Å². The monoisotopic (exact) mass is 225 g/mol. The number of carbonyl (C=O) groups is 1. The summed E-state index contributed by atoms with van der Waals surface area (Å²) >= 11 is 0. The van der Waals surface area contributed by atoms with Gasteiger partial charge in [0.25, 0.3) is 0 Å². The summed E-state index contributed by atoms with van der Waals surface area (Å²) in [6, 6.07) is 0.547. The van der Waals surface area contributed by atoms with Crippen molar-refractivity contribution < 1.29 is 4.79 Å². The number of hydrogen-bond acceptors (Lipinski definition) is 2. The number of rotatable bonds is 1. The van der Waals surface area contributed by atoms with Gasteiger partial charge in [-0.1, -0.05) is 0 Å². The van der Waals surface area contributed by atoms with Gasteiger partial charge in [-0.15, -0.1) is 0 Å². The first kappa shape index (κ1) is 11.7. The Kier molecular flexibility index (Phi) is 3.38. The number of carbonyl (C=O) groups excluding carboxylic acids is 1. The van der Waals surface area contributed by atoms with E-state index in [1.54, 1.807) is 4.90 Å². The minimum absolute atomic E-state index is 0.186. The fraction of sp³-hybridized carbons (Fsp3) is 0.917. The molecular weight excluding hydrogens is 202 g/mol. The maximum Gasteiger partial charge on any atom is 0.319 e. The van der Waals surface area contributed by atoms with Gasteiger partial charge in [0.1, 0.15) is 0 Å². The first-order valence-electron chi connectivity index (χ1n) is 6.37. The van der Waals surface area contributed by atoms with Crippen LogP contribution < -0.4 is 5.73 Å². The number of nitrogens with zero attached hydrogens (tertiary/aromatic N) is 2. The molecule has 0 radical (unpaired) electrons. The van der Waals surface area contributed by atoms with Gasteiger partial charge in [-0.3, -0.25) is 0 Å². The number of urea groups is 1. The van der Waals surface area contributed by atoms with Crippen LogP contribution in [-0.2, 0) is 0 Å². The zero-order valence-electron chi connectivity index (χ0n) is 10.4. The molecule has 2 amide bonds. The molecule has 4 heteroatoms. The highest BCUT2D eigenvalue weighted by molar-refractivity contribution is 5.74. The first-order valence-corrected chi connectivity index (χ1v) is 6.37. The van der Waals surface area contributed by atoms with Crippen LogP contribution in [0.15, 0.2) is 0 Å². The second-order valence-corrected chi connectivity index (χ2v) is 5.30. The lowest BCUT2D eigenvalue weighted by molar-refractivity contribution is 0.173. The molecule has 16 heavy (non-hydrogen) atoms. The lowest BCUT2D eigenvalue weighted by Gasteiger charge is -2.27. The molecule has 1 saturated heterocycles. The number of fused-ring (bicyclic) bond motifs is 1. The highest BCUT2D eigenvalue weighted by Crippen LogP contribution is 2.35. The Labute approximate surface area is 97.8 Å². The number of nitrogens with two attached hydrogens (primary N) is 1. The van der Waals surface area contributed by atoms with E-state index in [1.165, 1.54) is 6.42 Å². The maximum atomic E-state index is 12.0. The average Bonchev–Trinajstić information content (AvgIpc) is 2.69. The van der Waals surface area contributed by atoms with Crippen LogP contribution in [0.1, 0.15) is 26.2 Å². The number of hydrogen-bond donors (Lipinski definition) is 1. The van der Waals surface area contributed by atoms with E-state index in [-0.39, 0.29) is 6.03 Å². The van der Waals surface area contributed by atoms with Gasteiger partial charge in [0.05, 0.1) is 0 Å². The van der Waals surface area contributed by atoms with Gasteiger partial charge >= 0.3 is 6.03 Å². The minimum atomic E-state index is 0.186. The largest absolute Gasteiger partial charge is 0.328 e. The average molecular weight is 225 g/mol. The normalized spacial score (nSPS) is 33.7. The third-order valence-electron chi connectivity index (χ3n) is 4.16. The first-order chi connectivity index (χ1) is 7.61. The molecule has 2 rings (SSSR count). The lowest BCUT2D eigenvalue weighted by atomic mass is 9.79. The molecule has 0 spiro atoms. The second kappa shape index (κ2) is 4.62. The fourth-order valence-corrected chi connectivity index (χ4v) is 3.00. The predicted octanol–water partition coefficient (Wildman–Crippen LogP) is 1.12. The summed E-state index contributed by atoms with van der Waals surface area (Å²) in [5, 5.41) is 0. The molecule has 1 unspecified atom stereocenters. The van der Waals surface area contributed by atoms with Gasteiger partial charge in [-0.25, -0.2) is 4.79 Å². The molecule has 0 aromatic heterocycles. The predicted molar refractivity (Wildman–Crippen MR) is 64.1 cm³/mol. The highest BCUT2D eigenvalue weighted by atomic mass is 16.2. The van der Waals surface area contributed by atoms with E-state index in [0.29, 0.717) is 17.9 Å². The number of likely N-dealkylation sites (tertiary alicyclic amines) is 1. The molecule has 2 aliphatic rings. The van der Waals surface area contributed by atoms with Crippen molar-refractivity contribution in [1.82, 2.24) is 9.80 Å². The Bertz CT molecular complexity index is 269. The van der Waals surface area contributed by atoms with Crippen LogP contribution in [0.25, 0.3) is 0 Å². The maximum absolute atomic E-state index is 12.0. The standard InChI is InChI=1S/C12H23N3O/c1-3-14(2)12(16)15-7-9-4-5-11(13)6-10(9)8-15/h9-11H,3-8,13H2,1-2H3/t9-,10+,11?/m1/s1. The molecule has 2 fully saturated rings. The van der Waals surface area contributed by atoms with Gasteiger partial charge in [0.15, 0.2) is 0 Å². The topological polar surface area (TPSA) is 49.6 Å². The van der Waals surface area contributed by atoms with E-state index >= 15 is 0 Å². The van der Waals surface area contributed by atoms with Crippen LogP contribution in [0.4, 0.5) is 4.79 Å². The van der Waals surface area contributed by atoms with Crippen LogP contribution in [0.3, 0.4) is 0 Å². The van der Waals surface area contributed by atoms with Crippen molar-refractivity contribution in [2.75, 3.05) is 26.7 Å². The van der Waals surface area contributed by atoms with Gasteiger partial charge in [0, 0.05) is 32.7 Å². The van der Waals surface area contributed by atoms with Crippen molar-refractivity contribution >= 4 is 6.03 Å². The summed E-state index contributed by atoms with van der Waals surface area (Å²) in [5.41, 5.74) is 5.98. The van der Waals surface area contributed by atoms with Crippen molar-refractivity contribution in [3.8, 4) is 0 Å². The molecule has 0 aromatic rings. The Balaban J connectivity index is 1.94. The molecule has 3 atom stereocenters. The summed E-state index contributed by atoms with van der Waals surface area (Å²) in [6.07, 6.45) is 3.43. The molecule has 1 saturated carbocycles. The van der Waals surface area contributed by atoms with E-state index in [0.717, 1.165) is 32.5 Å². The smallest absolute Gasteiger partial charge is 0.319 e.